The summed E-state index contributed by atoms with van der Waals surface area (Å²) >= 11 is 1.51. The highest BCUT2D eigenvalue weighted by molar-refractivity contribution is 8.00. The predicted molar refractivity (Wildman–Crippen MR) is 118 cm³/mol. The second-order valence-corrected chi connectivity index (χ2v) is 8.85. The Balaban J connectivity index is 1.27. The van der Waals surface area contributed by atoms with Crippen molar-refractivity contribution in [2.75, 3.05) is 30.3 Å². The second kappa shape index (κ2) is 9.64. The number of aliphatic hydroxyl groups is 1. The number of anilines is 1. The van der Waals surface area contributed by atoms with Crippen molar-refractivity contribution in [1.29, 1.82) is 0 Å². The largest absolute Gasteiger partial charge is 0.393 e. The fraction of sp³-hybridized carbons (Fsp3) is 0.391. The van der Waals surface area contributed by atoms with Crippen LogP contribution in [0.1, 0.15) is 24.0 Å². The number of carbonyl (C=O) groups excluding carboxylic acids is 2. The van der Waals surface area contributed by atoms with E-state index in [9.17, 15) is 14.7 Å². The van der Waals surface area contributed by atoms with E-state index in [-0.39, 0.29) is 24.5 Å². The third kappa shape index (κ3) is 5.22. The third-order valence-electron chi connectivity index (χ3n) is 5.59. The molecule has 1 fully saturated rings. The summed E-state index contributed by atoms with van der Waals surface area (Å²) in [4.78, 5) is 29.7. The number of nitrogens with one attached hydrogen (secondary N) is 1. The maximum absolute atomic E-state index is 12.5. The molecule has 1 saturated heterocycles. The number of carbonyl (C=O) groups is 2. The van der Waals surface area contributed by atoms with Crippen LogP contribution in [0.4, 0.5) is 5.69 Å². The molecule has 6 nitrogen and oxygen atoms in total. The van der Waals surface area contributed by atoms with Crippen molar-refractivity contribution < 1.29 is 14.7 Å². The van der Waals surface area contributed by atoms with E-state index in [1.807, 2.05) is 36.4 Å². The van der Waals surface area contributed by atoms with Gasteiger partial charge >= 0.3 is 0 Å². The van der Waals surface area contributed by atoms with E-state index in [1.165, 1.54) is 17.3 Å². The van der Waals surface area contributed by atoms with Crippen LogP contribution in [0.15, 0.2) is 53.4 Å². The number of thioether (sulfide) groups is 1. The van der Waals surface area contributed by atoms with Crippen LogP contribution in [0.5, 0.6) is 0 Å². The van der Waals surface area contributed by atoms with Gasteiger partial charge in [0.15, 0.2) is 0 Å². The Morgan fingerprint density at radius 1 is 1.07 bits per heavy atom. The molecule has 4 rings (SSSR count). The van der Waals surface area contributed by atoms with Crippen molar-refractivity contribution in [3.8, 4) is 0 Å². The van der Waals surface area contributed by atoms with Crippen molar-refractivity contribution in [3.05, 3.63) is 59.7 Å². The first-order valence-electron chi connectivity index (χ1n) is 10.4. The van der Waals surface area contributed by atoms with E-state index in [1.54, 1.807) is 4.90 Å². The Kier molecular flexibility index (Phi) is 6.72. The van der Waals surface area contributed by atoms with Gasteiger partial charge in [-0.2, -0.15) is 0 Å². The molecule has 0 unspecified atom stereocenters. The van der Waals surface area contributed by atoms with Crippen molar-refractivity contribution in [3.63, 3.8) is 0 Å². The van der Waals surface area contributed by atoms with Gasteiger partial charge in [0, 0.05) is 31.1 Å². The number of amides is 2. The molecule has 0 aliphatic carbocycles. The van der Waals surface area contributed by atoms with E-state index < -0.39 is 0 Å². The molecule has 0 saturated carbocycles. The summed E-state index contributed by atoms with van der Waals surface area (Å²) in [5.41, 5.74) is 3.07. The first-order valence-corrected chi connectivity index (χ1v) is 11.3. The average molecular weight is 426 g/mol. The normalized spacial score (nSPS) is 17.6. The maximum atomic E-state index is 12.5. The Morgan fingerprint density at radius 2 is 1.77 bits per heavy atom. The lowest BCUT2D eigenvalue weighted by Gasteiger charge is -2.29. The van der Waals surface area contributed by atoms with E-state index in [4.69, 9.17) is 0 Å². The highest BCUT2D eigenvalue weighted by atomic mass is 32.2. The zero-order valence-corrected chi connectivity index (χ0v) is 17.7. The molecule has 2 aliphatic rings. The highest BCUT2D eigenvalue weighted by Gasteiger charge is 2.26. The average Bonchev–Trinajstić information content (AvgIpc) is 2.77. The number of para-hydroxylation sites is 1. The number of nitrogens with zero attached hydrogens (tertiary/aromatic N) is 2. The molecule has 2 heterocycles. The number of hydrogen-bond acceptors (Lipinski definition) is 5. The molecule has 0 radical (unpaired) electrons. The monoisotopic (exact) mass is 425 g/mol. The summed E-state index contributed by atoms with van der Waals surface area (Å²) in [6.45, 7) is 3.21. The van der Waals surface area contributed by atoms with Gasteiger partial charge in [0.25, 0.3) is 0 Å². The van der Waals surface area contributed by atoms with Gasteiger partial charge in [0.05, 0.1) is 17.5 Å². The maximum Gasteiger partial charge on any atom is 0.240 e. The van der Waals surface area contributed by atoms with Gasteiger partial charge in [0.1, 0.15) is 6.54 Å². The molecular formula is C23H27N3O3S. The van der Waals surface area contributed by atoms with E-state index in [0.717, 1.165) is 48.6 Å². The molecule has 0 bridgehead atoms. The van der Waals surface area contributed by atoms with Crippen molar-refractivity contribution in [1.82, 2.24) is 10.2 Å². The number of rotatable bonds is 6. The summed E-state index contributed by atoms with van der Waals surface area (Å²) in [5.74, 6) is 0.159. The molecule has 7 heteroatoms. The van der Waals surface area contributed by atoms with Crippen molar-refractivity contribution in [2.45, 2.75) is 36.9 Å². The summed E-state index contributed by atoms with van der Waals surface area (Å²) in [5, 5.41) is 12.5. The van der Waals surface area contributed by atoms with E-state index in [0.29, 0.717) is 12.3 Å². The minimum absolute atomic E-state index is 0.0370. The molecule has 2 amide bonds. The molecule has 30 heavy (non-hydrogen) atoms. The second-order valence-electron chi connectivity index (χ2n) is 7.84. The van der Waals surface area contributed by atoms with Gasteiger partial charge in [-0.15, -0.1) is 11.8 Å². The van der Waals surface area contributed by atoms with Crippen LogP contribution in [-0.4, -0.2) is 53.3 Å². The Hall–Kier alpha value is -2.35. The van der Waals surface area contributed by atoms with Crippen LogP contribution < -0.4 is 10.2 Å². The zero-order valence-electron chi connectivity index (χ0n) is 16.9. The summed E-state index contributed by atoms with van der Waals surface area (Å²) in [6, 6.07) is 15.9. The quantitative estimate of drug-likeness (QED) is 0.744. The number of piperidine rings is 1. The zero-order chi connectivity index (χ0) is 20.9. The molecule has 0 atom stereocenters. The van der Waals surface area contributed by atoms with Crippen LogP contribution in [0.3, 0.4) is 0 Å². The Bertz CT molecular complexity index is 895. The van der Waals surface area contributed by atoms with Gasteiger partial charge in [-0.1, -0.05) is 36.4 Å². The van der Waals surface area contributed by atoms with Crippen molar-refractivity contribution in [2.24, 2.45) is 0 Å². The minimum Gasteiger partial charge on any atom is -0.393 e. The lowest BCUT2D eigenvalue weighted by atomic mass is 10.1. The van der Waals surface area contributed by atoms with Gasteiger partial charge in [-0.05, 0) is 36.1 Å². The molecule has 2 aliphatic heterocycles. The highest BCUT2D eigenvalue weighted by Crippen LogP contribution is 2.34. The number of hydrogen-bond donors (Lipinski definition) is 2. The van der Waals surface area contributed by atoms with Crippen LogP contribution >= 0.6 is 11.8 Å². The molecule has 0 aromatic heterocycles. The van der Waals surface area contributed by atoms with Crippen LogP contribution in [0.25, 0.3) is 0 Å². The van der Waals surface area contributed by atoms with Gasteiger partial charge in [-0.25, -0.2) is 0 Å². The Morgan fingerprint density at radius 3 is 2.53 bits per heavy atom. The Labute approximate surface area is 181 Å². The lowest BCUT2D eigenvalue weighted by molar-refractivity contribution is -0.123. The standard InChI is InChI=1S/C23H27N3O3S/c27-19-9-11-25(12-10-19)14-18-7-5-17(6-8-18)13-24-22(28)15-26-20-3-1-2-4-21(20)30-16-23(26)29/h1-8,19,27H,9-16H2,(H,24,28). The fourth-order valence-electron chi connectivity index (χ4n) is 3.83. The molecule has 2 aromatic carbocycles. The number of aliphatic hydroxyl groups excluding tert-OH is 1. The van der Waals surface area contributed by atoms with Crippen LogP contribution in [0, 0.1) is 0 Å². The number of benzene rings is 2. The van der Waals surface area contributed by atoms with Crippen LogP contribution in [-0.2, 0) is 22.7 Å². The lowest BCUT2D eigenvalue weighted by Crippen LogP contribution is -2.43. The van der Waals surface area contributed by atoms with Gasteiger partial charge in [-0.3, -0.25) is 14.5 Å². The first kappa shape index (κ1) is 20.9. The van der Waals surface area contributed by atoms with E-state index >= 15 is 0 Å². The molecule has 158 valence electrons. The fourth-order valence-corrected chi connectivity index (χ4v) is 4.76. The first-order chi connectivity index (χ1) is 14.6. The third-order valence-corrected chi connectivity index (χ3v) is 6.63. The summed E-state index contributed by atoms with van der Waals surface area (Å²) < 4.78 is 0. The minimum atomic E-state index is -0.166. The predicted octanol–water partition coefficient (Wildman–Crippen LogP) is 2.40. The topological polar surface area (TPSA) is 72.9 Å². The van der Waals surface area contributed by atoms with Gasteiger partial charge < -0.3 is 15.3 Å². The number of likely N-dealkylation sites (tertiary alicyclic amines) is 1. The summed E-state index contributed by atoms with van der Waals surface area (Å²) in [6.07, 6.45) is 1.53. The van der Waals surface area contributed by atoms with Crippen molar-refractivity contribution >= 4 is 29.3 Å². The smallest absolute Gasteiger partial charge is 0.240 e. The molecule has 2 N–H and O–H groups in total. The molecule has 2 aromatic rings. The summed E-state index contributed by atoms with van der Waals surface area (Å²) in [7, 11) is 0. The van der Waals surface area contributed by atoms with E-state index in [2.05, 4.69) is 22.3 Å². The molecule has 0 spiro atoms. The van der Waals surface area contributed by atoms with Gasteiger partial charge in [0.2, 0.25) is 11.8 Å². The SMILES string of the molecule is O=C(CN1C(=O)CSc2ccccc21)NCc1ccc(CN2CCC(O)CC2)cc1. The van der Waals surface area contributed by atoms with Crippen LogP contribution in [0.2, 0.25) is 0 Å². The molecular weight excluding hydrogens is 398 g/mol. The number of fused-ring (bicyclic) bond motifs is 1.